The highest BCUT2D eigenvalue weighted by Crippen LogP contribution is 2.32. The lowest BCUT2D eigenvalue weighted by Crippen LogP contribution is -2.29. The number of nitrogens with zero attached hydrogens (tertiary/aromatic N) is 1. The largest absolute Gasteiger partial charge is 0.314 e. The molecule has 0 aromatic carbocycles. The maximum absolute atomic E-state index is 4.49. The fraction of sp³-hybridized carbons (Fsp3) is 0.727. The smallest absolute Gasteiger partial charge is 0.0797 e. The number of hydrogen-bond acceptors (Lipinski definition) is 3. The number of thiazole rings is 1. The molecule has 2 rings (SSSR count). The predicted molar refractivity (Wildman–Crippen MR) is 60.9 cm³/mol. The molecule has 1 aromatic rings. The van der Waals surface area contributed by atoms with E-state index in [4.69, 9.17) is 0 Å². The molecule has 78 valence electrons. The van der Waals surface area contributed by atoms with E-state index in [1.165, 1.54) is 29.8 Å². The van der Waals surface area contributed by atoms with Crippen LogP contribution in [0, 0.1) is 0 Å². The van der Waals surface area contributed by atoms with Crippen LogP contribution in [0.5, 0.6) is 0 Å². The minimum atomic E-state index is 0.582. The fourth-order valence-corrected chi connectivity index (χ4v) is 2.92. The maximum atomic E-state index is 4.49. The first-order valence-corrected chi connectivity index (χ1v) is 6.31. The SMILES string of the molecule is CC(C)NCC1CCCc2scnc21. The van der Waals surface area contributed by atoms with Crippen LogP contribution in [0.25, 0.3) is 0 Å². The zero-order chi connectivity index (χ0) is 9.97. The van der Waals surface area contributed by atoms with Crippen LogP contribution in [0.4, 0.5) is 0 Å². The van der Waals surface area contributed by atoms with Gasteiger partial charge < -0.3 is 5.32 Å². The van der Waals surface area contributed by atoms with Gasteiger partial charge >= 0.3 is 0 Å². The summed E-state index contributed by atoms with van der Waals surface area (Å²) in [7, 11) is 0. The quantitative estimate of drug-likeness (QED) is 0.829. The Bertz CT molecular complexity index is 293. The Morgan fingerprint density at radius 1 is 1.64 bits per heavy atom. The van der Waals surface area contributed by atoms with E-state index in [9.17, 15) is 0 Å². The van der Waals surface area contributed by atoms with Gasteiger partial charge in [0.2, 0.25) is 0 Å². The van der Waals surface area contributed by atoms with Gasteiger partial charge in [-0.15, -0.1) is 11.3 Å². The summed E-state index contributed by atoms with van der Waals surface area (Å²) in [4.78, 5) is 6.01. The van der Waals surface area contributed by atoms with Gasteiger partial charge in [0.15, 0.2) is 0 Å². The van der Waals surface area contributed by atoms with Crippen molar-refractivity contribution >= 4 is 11.3 Å². The third-order valence-corrected chi connectivity index (χ3v) is 3.70. The molecule has 1 atom stereocenters. The minimum absolute atomic E-state index is 0.582. The molecule has 0 saturated carbocycles. The van der Waals surface area contributed by atoms with Gasteiger partial charge in [-0.25, -0.2) is 4.98 Å². The Kier molecular flexibility index (Phi) is 3.19. The van der Waals surface area contributed by atoms with E-state index < -0.39 is 0 Å². The molecule has 3 heteroatoms. The Labute approximate surface area is 89.8 Å². The lowest BCUT2D eigenvalue weighted by atomic mass is 9.91. The van der Waals surface area contributed by atoms with Crippen LogP contribution in [0.1, 0.15) is 43.2 Å². The van der Waals surface area contributed by atoms with E-state index in [0.717, 1.165) is 6.54 Å². The first-order chi connectivity index (χ1) is 6.77. The van der Waals surface area contributed by atoms with Crippen LogP contribution < -0.4 is 5.32 Å². The zero-order valence-electron chi connectivity index (χ0n) is 8.92. The number of fused-ring (bicyclic) bond motifs is 1. The fourth-order valence-electron chi connectivity index (χ4n) is 2.02. The third-order valence-electron chi connectivity index (χ3n) is 2.79. The average Bonchev–Trinajstić information content (AvgIpc) is 2.62. The Balaban J connectivity index is 2.01. The molecule has 1 heterocycles. The standard InChI is InChI=1S/C11H18N2S/c1-8(2)12-6-9-4-3-5-10-11(9)13-7-14-10/h7-9,12H,3-6H2,1-2H3. The van der Waals surface area contributed by atoms with Gasteiger partial charge in [-0.05, 0) is 19.3 Å². The predicted octanol–water partition coefficient (Wildman–Crippen LogP) is 2.56. The molecule has 1 aromatic heterocycles. The van der Waals surface area contributed by atoms with Crippen LogP contribution in [0.15, 0.2) is 5.51 Å². The molecule has 1 N–H and O–H groups in total. The van der Waals surface area contributed by atoms with Crippen molar-refractivity contribution in [1.29, 1.82) is 0 Å². The molecule has 1 aliphatic carbocycles. The molecule has 0 spiro atoms. The summed E-state index contributed by atoms with van der Waals surface area (Å²) in [6, 6.07) is 0.582. The highest BCUT2D eigenvalue weighted by molar-refractivity contribution is 7.09. The number of aromatic nitrogens is 1. The van der Waals surface area contributed by atoms with E-state index in [0.29, 0.717) is 12.0 Å². The van der Waals surface area contributed by atoms with Gasteiger partial charge in [0.05, 0.1) is 11.2 Å². The van der Waals surface area contributed by atoms with E-state index in [2.05, 4.69) is 24.1 Å². The monoisotopic (exact) mass is 210 g/mol. The molecule has 1 aliphatic rings. The van der Waals surface area contributed by atoms with Crippen molar-refractivity contribution in [2.75, 3.05) is 6.54 Å². The second kappa shape index (κ2) is 4.41. The highest BCUT2D eigenvalue weighted by atomic mass is 32.1. The van der Waals surface area contributed by atoms with Crippen LogP contribution in [0.3, 0.4) is 0 Å². The molecule has 0 fully saturated rings. The summed E-state index contributed by atoms with van der Waals surface area (Å²) >= 11 is 1.82. The summed E-state index contributed by atoms with van der Waals surface area (Å²) in [5, 5.41) is 3.51. The normalized spacial score (nSPS) is 21.2. The second-order valence-electron chi connectivity index (χ2n) is 4.31. The number of nitrogens with one attached hydrogen (secondary N) is 1. The molecule has 1 unspecified atom stereocenters. The second-order valence-corrected chi connectivity index (χ2v) is 5.25. The maximum Gasteiger partial charge on any atom is 0.0797 e. The van der Waals surface area contributed by atoms with Gasteiger partial charge in [0.25, 0.3) is 0 Å². The van der Waals surface area contributed by atoms with Crippen molar-refractivity contribution in [3.63, 3.8) is 0 Å². The van der Waals surface area contributed by atoms with Crippen molar-refractivity contribution in [2.45, 2.75) is 45.1 Å². The molecular formula is C11H18N2S. The van der Waals surface area contributed by atoms with Crippen LogP contribution >= 0.6 is 11.3 Å². The van der Waals surface area contributed by atoms with Gasteiger partial charge in [-0.3, -0.25) is 0 Å². The van der Waals surface area contributed by atoms with Crippen molar-refractivity contribution in [2.24, 2.45) is 0 Å². The third kappa shape index (κ3) is 2.15. The van der Waals surface area contributed by atoms with E-state index in [-0.39, 0.29) is 0 Å². The summed E-state index contributed by atoms with van der Waals surface area (Å²) in [5.74, 6) is 0.660. The van der Waals surface area contributed by atoms with E-state index in [1.807, 2.05) is 16.8 Å². The van der Waals surface area contributed by atoms with E-state index in [1.54, 1.807) is 0 Å². The first-order valence-electron chi connectivity index (χ1n) is 5.43. The first kappa shape index (κ1) is 10.1. The Morgan fingerprint density at radius 2 is 2.50 bits per heavy atom. The Morgan fingerprint density at radius 3 is 3.29 bits per heavy atom. The minimum Gasteiger partial charge on any atom is -0.314 e. The van der Waals surface area contributed by atoms with Crippen molar-refractivity contribution in [1.82, 2.24) is 10.3 Å². The topological polar surface area (TPSA) is 24.9 Å². The molecule has 14 heavy (non-hydrogen) atoms. The highest BCUT2D eigenvalue weighted by Gasteiger charge is 2.22. The van der Waals surface area contributed by atoms with Gasteiger partial charge in [-0.1, -0.05) is 13.8 Å². The van der Waals surface area contributed by atoms with Crippen LogP contribution in [-0.2, 0) is 6.42 Å². The van der Waals surface area contributed by atoms with Crippen LogP contribution in [-0.4, -0.2) is 17.6 Å². The summed E-state index contributed by atoms with van der Waals surface area (Å²) in [6.45, 7) is 5.49. The lowest BCUT2D eigenvalue weighted by Gasteiger charge is -2.22. The number of aryl methyl sites for hydroxylation is 1. The van der Waals surface area contributed by atoms with Gasteiger partial charge in [0.1, 0.15) is 0 Å². The molecule has 0 saturated heterocycles. The van der Waals surface area contributed by atoms with Gasteiger partial charge in [0, 0.05) is 23.4 Å². The van der Waals surface area contributed by atoms with Crippen molar-refractivity contribution in [3.05, 3.63) is 16.1 Å². The number of hydrogen-bond donors (Lipinski definition) is 1. The number of rotatable bonds is 3. The molecule has 0 bridgehead atoms. The summed E-state index contributed by atoms with van der Waals surface area (Å²) < 4.78 is 0. The van der Waals surface area contributed by atoms with E-state index >= 15 is 0 Å². The van der Waals surface area contributed by atoms with Crippen LogP contribution in [0.2, 0.25) is 0 Å². The summed E-state index contributed by atoms with van der Waals surface area (Å²) in [5.41, 5.74) is 3.37. The average molecular weight is 210 g/mol. The molecule has 0 aliphatic heterocycles. The van der Waals surface area contributed by atoms with Gasteiger partial charge in [-0.2, -0.15) is 0 Å². The van der Waals surface area contributed by atoms with Crippen molar-refractivity contribution < 1.29 is 0 Å². The molecule has 2 nitrogen and oxygen atoms in total. The lowest BCUT2D eigenvalue weighted by molar-refractivity contribution is 0.475. The Hall–Kier alpha value is -0.410. The molecule has 0 radical (unpaired) electrons. The zero-order valence-corrected chi connectivity index (χ0v) is 9.73. The van der Waals surface area contributed by atoms with Crippen molar-refractivity contribution in [3.8, 4) is 0 Å². The summed E-state index contributed by atoms with van der Waals surface area (Å²) in [6.07, 6.45) is 3.88. The molecule has 0 amide bonds. The molecular weight excluding hydrogens is 192 g/mol.